The molecule has 0 atom stereocenters. The van der Waals surface area contributed by atoms with E-state index < -0.39 is 0 Å². The molecule has 0 radical (unpaired) electrons. The van der Waals surface area contributed by atoms with Crippen LogP contribution < -0.4 is 4.68 Å². The van der Waals surface area contributed by atoms with Crippen LogP contribution >= 0.6 is 0 Å². The standard InChI is InChI=1S/C17H15N2/c1-19-12-11-14(13-18-19)9-10-16-7-4-6-15-5-2-3-8-17(15)16/h2-13H,1H3/q+1/b10-9-. The van der Waals surface area contributed by atoms with Crippen LogP contribution in [0.2, 0.25) is 0 Å². The molecule has 19 heavy (non-hydrogen) atoms. The first-order valence-corrected chi connectivity index (χ1v) is 6.31. The number of aromatic nitrogens is 2. The molecule has 0 fully saturated rings. The van der Waals surface area contributed by atoms with Crippen LogP contribution in [0.25, 0.3) is 22.9 Å². The maximum absolute atomic E-state index is 4.22. The van der Waals surface area contributed by atoms with Crippen molar-refractivity contribution < 1.29 is 4.68 Å². The highest BCUT2D eigenvalue weighted by molar-refractivity contribution is 5.92. The quantitative estimate of drug-likeness (QED) is 0.635. The molecule has 0 N–H and O–H groups in total. The number of aryl methyl sites for hydroxylation is 1. The highest BCUT2D eigenvalue weighted by Gasteiger charge is 1.97. The molecule has 2 aromatic carbocycles. The predicted octanol–water partition coefficient (Wildman–Crippen LogP) is 3.23. The zero-order valence-electron chi connectivity index (χ0n) is 10.8. The third kappa shape index (κ3) is 2.52. The summed E-state index contributed by atoms with van der Waals surface area (Å²) in [6.07, 6.45) is 8.04. The number of nitrogens with zero attached hydrogens (tertiary/aromatic N) is 2. The molecule has 2 nitrogen and oxygen atoms in total. The Hall–Kier alpha value is -2.48. The number of rotatable bonds is 2. The summed E-state index contributed by atoms with van der Waals surface area (Å²) in [7, 11) is 1.91. The van der Waals surface area contributed by atoms with Gasteiger partial charge in [0.05, 0.1) is 0 Å². The van der Waals surface area contributed by atoms with Gasteiger partial charge in [0, 0.05) is 11.6 Å². The zero-order valence-corrected chi connectivity index (χ0v) is 10.8. The fourth-order valence-electron chi connectivity index (χ4n) is 2.11. The summed E-state index contributed by atoms with van der Waals surface area (Å²) >= 11 is 0. The van der Waals surface area contributed by atoms with Gasteiger partial charge in [-0.3, -0.25) is 0 Å². The third-order valence-corrected chi connectivity index (χ3v) is 3.15. The summed E-state index contributed by atoms with van der Waals surface area (Å²) in [5, 5.41) is 6.76. The van der Waals surface area contributed by atoms with Crippen molar-refractivity contribution in [3.05, 3.63) is 72.1 Å². The van der Waals surface area contributed by atoms with Crippen molar-refractivity contribution in [2.75, 3.05) is 0 Å². The summed E-state index contributed by atoms with van der Waals surface area (Å²) in [5.74, 6) is 0. The Morgan fingerprint density at radius 1 is 0.947 bits per heavy atom. The van der Waals surface area contributed by atoms with Crippen LogP contribution in [0.3, 0.4) is 0 Å². The summed E-state index contributed by atoms with van der Waals surface area (Å²) in [5.41, 5.74) is 2.33. The Morgan fingerprint density at radius 3 is 2.63 bits per heavy atom. The maximum atomic E-state index is 4.22. The number of benzene rings is 2. The smallest absolute Gasteiger partial charge is 0.0940 e. The molecular formula is C17H15N2+. The first kappa shape index (κ1) is 11.6. The van der Waals surface area contributed by atoms with E-state index in [9.17, 15) is 0 Å². The molecule has 0 spiro atoms. The molecule has 0 amide bonds. The third-order valence-electron chi connectivity index (χ3n) is 3.15. The Kier molecular flexibility index (Phi) is 3.07. The minimum atomic E-state index is 1.10. The molecule has 1 aromatic heterocycles. The Labute approximate surface area is 112 Å². The Bertz CT molecular complexity index is 722. The molecule has 2 heteroatoms. The molecule has 0 bridgehead atoms. The molecule has 0 aliphatic rings. The van der Waals surface area contributed by atoms with Crippen LogP contribution in [0.4, 0.5) is 0 Å². The average molecular weight is 247 g/mol. The second kappa shape index (κ2) is 5.02. The summed E-state index contributed by atoms with van der Waals surface area (Å²) in [6, 6.07) is 16.8. The molecule has 0 saturated heterocycles. The molecule has 1 heterocycles. The van der Waals surface area contributed by atoms with Crippen molar-refractivity contribution >= 4 is 22.9 Å². The normalized spacial score (nSPS) is 11.2. The SMILES string of the molecule is C[n+]1ccc(/C=C\c2cccc3ccccc23)cn1. The monoisotopic (exact) mass is 247 g/mol. The van der Waals surface area contributed by atoms with Crippen molar-refractivity contribution in [1.29, 1.82) is 0 Å². The zero-order chi connectivity index (χ0) is 13.1. The van der Waals surface area contributed by atoms with Crippen LogP contribution in [0.15, 0.2) is 60.9 Å². The van der Waals surface area contributed by atoms with Crippen LogP contribution in [0.1, 0.15) is 11.1 Å². The molecule has 92 valence electrons. The van der Waals surface area contributed by atoms with Crippen LogP contribution in [0.5, 0.6) is 0 Å². The van der Waals surface area contributed by atoms with Gasteiger partial charge in [-0.25, -0.2) is 0 Å². The van der Waals surface area contributed by atoms with Gasteiger partial charge >= 0.3 is 0 Å². The van der Waals surface area contributed by atoms with E-state index in [4.69, 9.17) is 0 Å². The molecule has 0 saturated carbocycles. The predicted molar refractivity (Wildman–Crippen MR) is 78.3 cm³/mol. The van der Waals surface area contributed by atoms with E-state index in [0.29, 0.717) is 0 Å². The summed E-state index contributed by atoms with van der Waals surface area (Å²) in [6.45, 7) is 0. The topological polar surface area (TPSA) is 16.8 Å². The van der Waals surface area contributed by atoms with E-state index in [1.807, 2.05) is 19.4 Å². The van der Waals surface area contributed by atoms with Gasteiger partial charge in [-0.05, 0) is 21.4 Å². The van der Waals surface area contributed by atoms with Crippen LogP contribution in [0, 0.1) is 0 Å². The molecule has 0 aliphatic heterocycles. The van der Waals surface area contributed by atoms with Crippen molar-refractivity contribution in [1.82, 2.24) is 5.10 Å². The number of hydrogen-bond donors (Lipinski definition) is 0. The van der Waals surface area contributed by atoms with E-state index in [-0.39, 0.29) is 0 Å². The van der Waals surface area contributed by atoms with Gasteiger partial charge < -0.3 is 0 Å². The first-order chi connectivity index (χ1) is 9.33. The average Bonchev–Trinajstić information content (AvgIpc) is 2.47. The van der Waals surface area contributed by atoms with Crippen LogP contribution in [-0.2, 0) is 7.05 Å². The minimum Gasteiger partial charge on any atom is -0.0940 e. The highest BCUT2D eigenvalue weighted by Crippen LogP contribution is 2.20. The molecule has 0 aliphatic carbocycles. The van der Waals surface area contributed by atoms with Gasteiger partial charge in [0.2, 0.25) is 0 Å². The van der Waals surface area contributed by atoms with Crippen LogP contribution in [-0.4, -0.2) is 5.10 Å². The maximum Gasteiger partial charge on any atom is 0.196 e. The lowest BCUT2D eigenvalue weighted by molar-refractivity contribution is -0.730. The highest BCUT2D eigenvalue weighted by atomic mass is 15.2. The van der Waals surface area contributed by atoms with E-state index >= 15 is 0 Å². The van der Waals surface area contributed by atoms with E-state index in [2.05, 4.69) is 65.8 Å². The van der Waals surface area contributed by atoms with Crippen molar-refractivity contribution in [2.45, 2.75) is 0 Å². The second-order valence-corrected chi connectivity index (χ2v) is 4.54. The lowest BCUT2D eigenvalue weighted by Gasteiger charge is -2.01. The summed E-state index contributed by atoms with van der Waals surface area (Å²) in [4.78, 5) is 0. The number of fused-ring (bicyclic) bond motifs is 1. The fourth-order valence-corrected chi connectivity index (χ4v) is 2.11. The fraction of sp³-hybridized carbons (Fsp3) is 0.0588. The van der Waals surface area contributed by atoms with Gasteiger partial charge in [-0.1, -0.05) is 59.3 Å². The molecule has 3 aromatic rings. The Balaban J connectivity index is 1.99. The summed E-state index contributed by atoms with van der Waals surface area (Å²) < 4.78 is 1.79. The molecular weight excluding hydrogens is 232 g/mol. The van der Waals surface area contributed by atoms with Gasteiger partial charge in [0.15, 0.2) is 13.2 Å². The van der Waals surface area contributed by atoms with Gasteiger partial charge in [-0.2, -0.15) is 0 Å². The number of hydrogen-bond acceptors (Lipinski definition) is 1. The Morgan fingerprint density at radius 2 is 1.79 bits per heavy atom. The minimum absolute atomic E-state index is 1.10. The second-order valence-electron chi connectivity index (χ2n) is 4.54. The first-order valence-electron chi connectivity index (χ1n) is 6.31. The molecule has 0 unspecified atom stereocenters. The van der Waals surface area contributed by atoms with E-state index in [0.717, 1.165) is 5.56 Å². The molecule has 3 rings (SSSR count). The van der Waals surface area contributed by atoms with E-state index in [1.54, 1.807) is 4.68 Å². The van der Waals surface area contributed by atoms with Gasteiger partial charge in [0.25, 0.3) is 0 Å². The van der Waals surface area contributed by atoms with Crippen molar-refractivity contribution in [3.8, 4) is 0 Å². The lowest BCUT2D eigenvalue weighted by Crippen LogP contribution is -2.31. The van der Waals surface area contributed by atoms with Gasteiger partial charge in [0.1, 0.15) is 6.20 Å². The lowest BCUT2D eigenvalue weighted by atomic mass is 10.0. The van der Waals surface area contributed by atoms with Crippen molar-refractivity contribution in [2.24, 2.45) is 7.05 Å². The largest absolute Gasteiger partial charge is 0.196 e. The van der Waals surface area contributed by atoms with Crippen molar-refractivity contribution in [3.63, 3.8) is 0 Å². The van der Waals surface area contributed by atoms with E-state index in [1.165, 1.54) is 16.3 Å². The van der Waals surface area contributed by atoms with Gasteiger partial charge in [-0.15, -0.1) is 0 Å².